The van der Waals surface area contributed by atoms with E-state index in [0.29, 0.717) is 17.6 Å². The van der Waals surface area contributed by atoms with E-state index in [0.717, 1.165) is 51.0 Å². The van der Waals surface area contributed by atoms with Gasteiger partial charge >= 0.3 is 0 Å². The molecule has 3 aromatic rings. The van der Waals surface area contributed by atoms with Crippen molar-refractivity contribution in [1.82, 2.24) is 14.9 Å². The lowest BCUT2D eigenvalue weighted by molar-refractivity contribution is 0.103. The predicted molar refractivity (Wildman–Crippen MR) is 117 cm³/mol. The van der Waals surface area contributed by atoms with E-state index in [2.05, 4.69) is 41.7 Å². The number of aromatic nitrogens is 2. The van der Waals surface area contributed by atoms with Crippen molar-refractivity contribution in [3.8, 4) is 6.07 Å². The molecule has 6 rings (SSSR count). The third kappa shape index (κ3) is 2.26. The molecule has 2 fully saturated rings. The number of hydrogen-bond donors (Lipinski definition) is 1. The molecule has 2 unspecified atom stereocenters. The van der Waals surface area contributed by atoms with Gasteiger partial charge in [-0.2, -0.15) is 5.26 Å². The molecule has 2 bridgehead atoms. The van der Waals surface area contributed by atoms with Crippen LogP contribution in [0.5, 0.6) is 0 Å². The summed E-state index contributed by atoms with van der Waals surface area (Å²) in [6.07, 6.45) is 2.49. The highest BCUT2D eigenvalue weighted by atomic mass is 32.1. The van der Waals surface area contributed by atoms with Gasteiger partial charge in [-0.05, 0) is 45.9 Å². The molecular weight excluding hydrogens is 394 g/mol. The summed E-state index contributed by atoms with van der Waals surface area (Å²) in [4.78, 5) is 27.7. The van der Waals surface area contributed by atoms with Crippen molar-refractivity contribution >= 4 is 33.2 Å². The van der Waals surface area contributed by atoms with Crippen LogP contribution in [0.25, 0.3) is 10.9 Å². The maximum Gasteiger partial charge on any atom is 0.207 e. The molecule has 3 aliphatic rings. The van der Waals surface area contributed by atoms with Crippen LogP contribution >= 0.6 is 11.3 Å². The lowest BCUT2D eigenvalue weighted by atomic mass is 9.77. The SMILES string of the molecule is CN1C2CCC1CN(c1nc3c(s1)C(=O)c1c([nH]c4cc(C#N)ccc14)C3(C)C)C2. The Kier molecular flexibility index (Phi) is 3.58. The summed E-state index contributed by atoms with van der Waals surface area (Å²) in [6.45, 7) is 6.24. The van der Waals surface area contributed by atoms with Crippen LogP contribution in [0.4, 0.5) is 5.13 Å². The lowest BCUT2D eigenvalue weighted by Gasteiger charge is -2.38. The van der Waals surface area contributed by atoms with Gasteiger partial charge in [0.25, 0.3) is 0 Å². The molecule has 0 radical (unpaired) electrons. The first-order valence-electron chi connectivity index (χ1n) is 10.5. The first-order valence-corrected chi connectivity index (χ1v) is 11.3. The van der Waals surface area contributed by atoms with Crippen molar-refractivity contribution in [2.75, 3.05) is 25.0 Å². The predicted octanol–water partition coefficient (Wildman–Crippen LogP) is 3.65. The van der Waals surface area contributed by atoms with E-state index in [9.17, 15) is 10.1 Å². The molecule has 0 spiro atoms. The number of rotatable bonds is 1. The molecule has 4 heterocycles. The van der Waals surface area contributed by atoms with Crippen LogP contribution in [0, 0.1) is 11.3 Å². The van der Waals surface area contributed by atoms with Crippen LogP contribution in [0.2, 0.25) is 0 Å². The van der Waals surface area contributed by atoms with Gasteiger partial charge in [-0.15, -0.1) is 0 Å². The number of likely N-dealkylation sites (N-methyl/N-ethyl adjacent to an activating group) is 1. The third-order valence-electron chi connectivity index (χ3n) is 7.31. The highest BCUT2D eigenvalue weighted by Gasteiger charge is 2.44. The number of anilines is 1. The molecule has 2 saturated heterocycles. The van der Waals surface area contributed by atoms with Crippen molar-refractivity contribution in [2.24, 2.45) is 0 Å². The first kappa shape index (κ1) is 18.1. The van der Waals surface area contributed by atoms with Gasteiger partial charge in [0.15, 0.2) is 5.13 Å². The van der Waals surface area contributed by atoms with E-state index < -0.39 is 5.41 Å². The number of fused-ring (bicyclic) bond motifs is 6. The number of carbonyl (C=O) groups is 1. The molecule has 152 valence electrons. The van der Waals surface area contributed by atoms with E-state index in [1.807, 2.05) is 12.1 Å². The summed E-state index contributed by atoms with van der Waals surface area (Å²) in [5, 5.41) is 11.1. The number of benzene rings is 1. The standard InChI is InChI=1S/C23H23N5OS/c1-23(2)20-17(15-7-4-12(9-24)8-16(15)25-20)18(29)19-21(23)26-22(30-19)28-10-13-5-6-14(11-28)27(13)3/h4,7-8,13-14,25H,5-6,10-11H2,1-3H3. The zero-order valence-electron chi connectivity index (χ0n) is 17.3. The maximum absolute atomic E-state index is 13.6. The maximum atomic E-state index is 13.6. The summed E-state index contributed by atoms with van der Waals surface area (Å²) < 4.78 is 0. The molecule has 7 heteroatoms. The fourth-order valence-corrected chi connectivity index (χ4v) is 6.68. The van der Waals surface area contributed by atoms with Gasteiger partial charge in [0.2, 0.25) is 5.78 Å². The summed E-state index contributed by atoms with van der Waals surface area (Å²) in [7, 11) is 2.23. The molecule has 0 amide bonds. The molecule has 6 nitrogen and oxygen atoms in total. The molecule has 1 aromatic carbocycles. The topological polar surface area (TPSA) is 76.0 Å². The Morgan fingerprint density at radius 3 is 2.70 bits per heavy atom. The summed E-state index contributed by atoms with van der Waals surface area (Å²) in [6, 6.07) is 8.84. The Balaban J connectivity index is 1.46. The number of nitrogens with one attached hydrogen (secondary N) is 1. The Labute approximate surface area is 179 Å². The quantitative estimate of drug-likeness (QED) is 0.654. The van der Waals surface area contributed by atoms with Crippen molar-refractivity contribution in [3.05, 3.63) is 45.6 Å². The molecule has 1 N–H and O–H groups in total. The van der Waals surface area contributed by atoms with Gasteiger partial charge < -0.3 is 9.88 Å². The van der Waals surface area contributed by atoms with Gasteiger partial charge in [-0.1, -0.05) is 17.4 Å². The fourth-order valence-electron chi connectivity index (χ4n) is 5.50. The van der Waals surface area contributed by atoms with E-state index in [1.165, 1.54) is 12.8 Å². The largest absolute Gasteiger partial charge is 0.357 e. The number of nitriles is 1. The average Bonchev–Trinajstić information content (AvgIpc) is 3.39. The lowest BCUT2D eigenvalue weighted by Crippen LogP contribution is -2.52. The third-order valence-corrected chi connectivity index (χ3v) is 8.43. The fraction of sp³-hybridized carbons (Fsp3) is 0.435. The number of ketones is 1. The van der Waals surface area contributed by atoms with Crippen molar-refractivity contribution in [3.63, 3.8) is 0 Å². The van der Waals surface area contributed by atoms with Gasteiger partial charge in [0, 0.05) is 47.2 Å². The van der Waals surface area contributed by atoms with E-state index in [4.69, 9.17) is 4.98 Å². The van der Waals surface area contributed by atoms with E-state index in [1.54, 1.807) is 17.4 Å². The Morgan fingerprint density at radius 1 is 1.27 bits per heavy atom. The second kappa shape index (κ2) is 5.93. The molecule has 2 aliphatic heterocycles. The van der Waals surface area contributed by atoms with Crippen LogP contribution in [-0.2, 0) is 5.41 Å². The van der Waals surface area contributed by atoms with Crippen LogP contribution in [0.3, 0.4) is 0 Å². The smallest absolute Gasteiger partial charge is 0.207 e. The number of carbonyl (C=O) groups excluding carboxylic acids is 1. The monoisotopic (exact) mass is 417 g/mol. The van der Waals surface area contributed by atoms with Crippen LogP contribution in [0.15, 0.2) is 18.2 Å². The van der Waals surface area contributed by atoms with Crippen molar-refractivity contribution in [2.45, 2.75) is 44.2 Å². The minimum absolute atomic E-state index is 0.0520. The van der Waals surface area contributed by atoms with Gasteiger partial charge in [0.05, 0.1) is 22.9 Å². The van der Waals surface area contributed by atoms with E-state index >= 15 is 0 Å². The number of piperazine rings is 1. The van der Waals surface area contributed by atoms with Crippen molar-refractivity contribution in [1.29, 1.82) is 5.26 Å². The zero-order chi connectivity index (χ0) is 20.8. The first-order chi connectivity index (χ1) is 14.4. The molecule has 30 heavy (non-hydrogen) atoms. The molecule has 2 atom stereocenters. The van der Waals surface area contributed by atoms with Crippen LogP contribution in [-0.4, -0.2) is 52.9 Å². The number of nitrogens with zero attached hydrogens (tertiary/aromatic N) is 4. The number of hydrogen-bond acceptors (Lipinski definition) is 6. The van der Waals surface area contributed by atoms with E-state index in [-0.39, 0.29) is 5.78 Å². The number of H-pyrrole nitrogens is 1. The van der Waals surface area contributed by atoms with Crippen LogP contribution in [0.1, 0.15) is 58.9 Å². The minimum Gasteiger partial charge on any atom is -0.357 e. The molecule has 1 aliphatic carbocycles. The van der Waals surface area contributed by atoms with Gasteiger partial charge in [-0.3, -0.25) is 9.69 Å². The van der Waals surface area contributed by atoms with Gasteiger partial charge in [0.1, 0.15) is 4.88 Å². The summed E-state index contributed by atoms with van der Waals surface area (Å²) in [5.41, 5.74) is 3.54. The summed E-state index contributed by atoms with van der Waals surface area (Å²) in [5.74, 6) is 0.0520. The minimum atomic E-state index is -0.398. The zero-order valence-corrected chi connectivity index (χ0v) is 18.1. The Morgan fingerprint density at radius 2 is 2.00 bits per heavy atom. The van der Waals surface area contributed by atoms with Crippen molar-refractivity contribution < 1.29 is 4.79 Å². The summed E-state index contributed by atoms with van der Waals surface area (Å²) >= 11 is 1.55. The second-order valence-electron chi connectivity index (χ2n) is 9.33. The normalized spacial score (nSPS) is 24.7. The second-order valence-corrected chi connectivity index (χ2v) is 10.3. The number of aromatic amines is 1. The molecule has 0 saturated carbocycles. The molecule has 2 aromatic heterocycles. The molecular formula is C23H23N5OS. The Bertz CT molecular complexity index is 1250. The highest BCUT2D eigenvalue weighted by Crippen LogP contribution is 2.47. The average molecular weight is 418 g/mol. The number of thiazole rings is 1. The van der Waals surface area contributed by atoms with Crippen LogP contribution < -0.4 is 4.90 Å². The van der Waals surface area contributed by atoms with Gasteiger partial charge in [-0.25, -0.2) is 4.98 Å². The Hall–Kier alpha value is -2.69. The highest BCUT2D eigenvalue weighted by molar-refractivity contribution is 7.18.